The molecule has 72 valence electrons. The van der Waals surface area contributed by atoms with Gasteiger partial charge in [-0.25, -0.2) is 0 Å². The molecule has 1 unspecified atom stereocenters. The van der Waals surface area contributed by atoms with Crippen molar-refractivity contribution < 1.29 is 0 Å². The first-order chi connectivity index (χ1) is 5.68. The van der Waals surface area contributed by atoms with Gasteiger partial charge in [0.05, 0.1) is 0 Å². The first-order valence-corrected chi connectivity index (χ1v) is 5.06. The van der Waals surface area contributed by atoms with E-state index in [4.69, 9.17) is 0 Å². The van der Waals surface area contributed by atoms with Crippen LogP contribution in [0.4, 0.5) is 0 Å². The predicted molar refractivity (Wildman–Crippen MR) is 53.4 cm³/mol. The zero-order valence-corrected chi connectivity index (χ0v) is 8.64. The Hall–Kier alpha value is -0.0800. The van der Waals surface area contributed by atoms with Gasteiger partial charge in [0.25, 0.3) is 0 Å². The third kappa shape index (κ3) is 4.73. The van der Waals surface area contributed by atoms with Gasteiger partial charge in [-0.05, 0) is 33.4 Å². The molecule has 0 aromatic heterocycles. The van der Waals surface area contributed by atoms with Crippen molar-refractivity contribution >= 4 is 0 Å². The highest BCUT2D eigenvalue weighted by molar-refractivity contribution is 4.77. The van der Waals surface area contributed by atoms with Crippen LogP contribution in [0.1, 0.15) is 26.2 Å². The van der Waals surface area contributed by atoms with Crippen LogP contribution >= 0.6 is 0 Å². The van der Waals surface area contributed by atoms with Crippen LogP contribution in [0.2, 0.25) is 0 Å². The molecule has 0 spiro atoms. The number of nitrogens with zero attached hydrogens (tertiary/aromatic N) is 1. The van der Waals surface area contributed by atoms with Crippen LogP contribution < -0.4 is 5.32 Å². The molecule has 0 saturated heterocycles. The molecule has 2 nitrogen and oxygen atoms in total. The van der Waals surface area contributed by atoms with Crippen molar-refractivity contribution in [1.29, 1.82) is 0 Å². The van der Waals surface area contributed by atoms with Crippen LogP contribution in [0.15, 0.2) is 0 Å². The lowest BCUT2D eigenvalue weighted by Gasteiger charge is -2.15. The van der Waals surface area contributed by atoms with E-state index in [0.29, 0.717) is 0 Å². The van der Waals surface area contributed by atoms with Gasteiger partial charge in [-0.3, -0.25) is 0 Å². The molecule has 1 N–H and O–H groups in total. The second-order valence-electron chi connectivity index (χ2n) is 4.34. The maximum Gasteiger partial charge on any atom is 0.0101 e. The minimum absolute atomic E-state index is 0.720. The number of likely N-dealkylation sites (N-methyl/N-ethyl adjacent to an activating group) is 1. The van der Waals surface area contributed by atoms with Gasteiger partial charge in [-0.15, -0.1) is 0 Å². The maximum atomic E-state index is 3.54. The summed E-state index contributed by atoms with van der Waals surface area (Å²) in [7, 11) is 4.24. The highest BCUT2D eigenvalue weighted by Gasteiger charge is 2.22. The Kier molecular flexibility index (Phi) is 4.02. The van der Waals surface area contributed by atoms with Gasteiger partial charge in [0, 0.05) is 19.1 Å². The maximum absolute atomic E-state index is 3.54. The normalized spacial score (nSPS) is 20.0. The summed E-state index contributed by atoms with van der Waals surface area (Å²) in [5.74, 6) is 1.05. The molecule has 0 aliphatic heterocycles. The van der Waals surface area contributed by atoms with Crippen molar-refractivity contribution in [3.63, 3.8) is 0 Å². The Morgan fingerprint density at radius 3 is 2.58 bits per heavy atom. The molecule has 1 aliphatic carbocycles. The molecule has 2 heteroatoms. The van der Waals surface area contributed by atoms with Crippen molar-refractivity contribution in [2.45, 2.75) is 32.2 Å². The Balaban J connectivity index is 1.90. The molecular weight excluding hydrogens is 148 g/mol. The topological polar surface area (TPSA) is 15.3 Å². The second kappa shape index (κ2) is 4.83. The number of hydrogen-bond donors (Lipinski definition) is 1. The van der Waals surface area contributed by atoms with Crippen LogP contribution in [-0.4, -0.2) is 38.1 Å². The highest BCUT2D eigenvalue weighted by Crippen LogP contribution is 2.33. The number of rotatable bonds is 6. The van der Waals surface area contributed by atoms with Crippen LogP contribution in [0.25, 0.3) is 0 Å². The molecule has 1 aliphatic rings. The van der Waals surface area contributed by atoms with E-state index < -0.39 is 0 Å². The quantitative estimate of drug-likeness (QED) is 0.647. The minimum Gasteiger partial charge on any atom is -0.313 e. The van der Waals surface area contributed by atoms with E-state index in [0.717, 1.165) is 25.0 Å². The van der Waals surface area contributed by atoms with E-state index in [1.54, 1.807) is 0 Å². The monoisotopic (exact) mass is 170 g/mol. The zero-order chi connectivity index (χ0) is 8.97. The third-order valence-electron chi connectivity index (χ3n) is 2.44. The van der Waals surface area contributed by atoms with Gasteiger partial charge < -0.3 is 10.2 Å². The van der Waals surface area contributed by atoms with Gasteiger partial charge >= 0.3 is 0 Å². The molecule has 0 aromatic carbocycles. The largest absolute Gasteiger partial charge is 0.313 e. The summed E-state index contributed by atoms with van der Waals surface area (Å²) in [5.41, 5.74) is 0. The number of nitrogens with one attached hydrogen (secondary N) is 1. The Labute approximate surface area is 76.3 Å². The van der Waals surface area contributed by atoms with Crippen LogP contribution in [-0.2, 0) is 0 Å². The Bertz CT molecular complexity index is 119. The highest BCUT2D eigenvalue weighted by atomic mass is 15.1. The van der Waals surface area contributed by atoms with Gasteiger partial charge in [-0.1, -0.05) is 12.8 Å². The first-order valence-electron chi connectivity index (χ1n) is 5.06. The summed E-state index contributed by atoms with van der Waals surface area (Å²) in [6.45, 7) is 4.57. The molecule has 0 bridgehead atoms. The fraction of sp³-hybridized carbons (Fsp3) is 1.00. The molecule has 1 saturated carbocycles. The van der Waals surface area contributed by atoms with Crippen molar-refractivity contribution in [3.8, 4) is 0 Å². The van der Waals surface area contributed by atoms with E-state index in [1.165, 1.54) is 19.3 Å². The average Bonchev–Trinajstić information content (AvgIpc) is 2.70. The summed E-state index contributed by atoms with van der Waals surface area (Å²) in [6.07, 6.45) is 4.33. The van der Waals surface area contributed by atoms with Gasteiger partial charge in [-0.2, -0.15) is 0 Å². The first kappa shape index (κ1) is 10.0. The lowest BCUT2D eigenvalue weighted by atomic mass is 10.1. The van der Waals surface area contributed by atoms with Crippen LogP contribution in [0.5, 0.6) is 0 Å². The Morgan fingerprint density at radius 1 is 1.42 bits per heavy atom. The second-order valence-corrected chi connectivity index (χ2v) is 4.34. The molecule has 0 radical (unpaired) electrons. The summed E-state index contributed by atoms with van der Waals surface area (Å²) in [5, 5.41) is 3.54. The van der Waals surface area contributed by atoms with Crippen molar-refractivity contribution in [2.24, 2.45) is 5.92 Å². The smallest absolute Gasteiger partial charge is 0.0101 e. The van der Waals surface area contributed by atoms with Crippen LogP contribution in [0.3, 0.4) is 0 Å². The molecule has 1 rings (SSSR count). The average molecular weight is 170 g/mol. The SMILES string of the molecule is CC(CC1CC1)NCCN(C)C. The fourth-order valence-electron chi connectivity index (χ4n) is 1.47. The number of hydrogen-bond acceptors (Lipinski definition) is 2. The zero-order valence-electron chi connectivity index (χ0n) is 8.64. The van der Waals surface area contributed by atoms with E-state index in [1.807, 2.05) is 0 Å². The minimum atomic E-state index is 0.720. The molecule has 1 fully saturated rings. The Morgan fingerprint density at radius 2 is 2.08 bits per heavy atom. The molecule has 1 atom stereocenters. The van der Waals surface area contributed by atoms with E-state index >= 15 is 0 Å². The molecule has 0 amide bonds. The summed E-state index contributed by atoms with van der Waals surface area (Å²) < 4.78 is 0. The third-order valence-corrected chi connectivity index (χ3v) is 2.44. The van der Waals surface area contributed by atoms with Gasteiger partial charge in [0.15, 0.2) is 0 Å². The van der Waals surface area contributed by atoms with Gasteiger partial charge in [0.2, 0.25) is 0 Å². The summed E-state index contributed by atoms with van der Waals surface area (Å²) >= 11 is 0. The lowest BCUT2D eigenvalue weighted by molar-refractivity contribution is 0.379. The summed E-state index contributed by atoms with van der Waals surface area (Å²) in [4.78, 5) is 2.22. The molecule has 12 heavy (non-hydrogen) atoms. The predicted octanol–water partition coefficient (Wildman–Crippen LogP) is 1.33. The lowest BCUT2D eigenvalue weighted by Crippen LogP contribution is -2.33. The molecule has 0 heterocycles. The molecular formula is C10H22N2. The van der Waals surface area contributed by atoms with Crippen molar-refractivity contribution in [2.75, 3.05) is 27.2 Å². The van der Waals surface area contributed by atoms with E-state index in [9.17, 15) is 0 Å². The van der Waals surface area contributed by atoms with Gasteiger partial charge in [0.1, 0.15) is 0 Å². The summed E-state index contributed by atoms with van der Waals surface area (Å²) in [6, 6.07) is 0.720. The van der Waals surface area contributed by atoms with E-state index in [-0.39, 0.29) is 0 Å². The van der Waals surface area contributed by atoms with Crippen molar-refractivity contribution in [1.82, 2.24) is 10.2 Å². The van der Waals surface area contributed by atoms with Crippen LogP contribution in [0, 0.1) is 5.92 Å². The standard InChI is InChI=1S/C10H22N2/c1-9(8-10-4-5-10)11-6-7-12(2)3/h9-11H,4-8H2,1-3H3. The van der Waals surface area contributed by atoms with Crippen molar-refractivity contribution in [3.05, 3.63) is 0 Å². The molecule has 0 aromatic rings. The van der Waals surface area contributed by atoms with E-state index in [2.05, 4.69) is 31.2 Å². The fourth-order valence-corrected chi connectivity index (χ4v) is 1.47.